The summed E-state index contributed by atoms with van der Waals surface area (Å²) in [5.74, 6) is -3.81. The Morgan fingerprint density at radius 2 is 1.68 bits per heavy atom. The van der Waals surface area contributed by atoms with E-state index in [0.717, 1.165) is 31.7 Å². The van der Waals surface area contributed by atoms with Crippen LogP contribution in [0.15, 0.2) is 48.7 Å². The van der Waals surface area contributed by atoms with E-state index in [9.17, 15) is 28.2 Å². The fraction of sp³-hybridized carbons (Fsp3) is 0.464. The highest BCUT2D eigenvalue weighted by molar-refractivity contribution is 6.04. The number of allylic oxidation sites excluding steroid dienone is 1. The van der Waals surface area contributed by atoms with E-state index >= 15 is 0 Å². The van der Waals surface area contributed by atoms with E-state index in [0.29, 0.717) is 50.5 Å². The molecule has 2 aromatic carbocycles. The van der Waals surface area contributed by atoms with Crippen LogP contribution in [0.3, 0.4) is 0 Å². The average molecular weight is 519 g/mol. The Hall–Kier alpha value is -2.88. The fourth-order valence-electron chi connectivity index (χ4n) is 5.10. The quantitative estimate of drug-likeness (QED) is 0.314. The molecule has 1 atom stereocenters. The highest BCUT2D eigenvalue weighted by atomic mass is 19.2. The van der Waals surface area contributed by atoms with Gasteiger partial charge in [-0.15, -0.1) is 0 Å². The number of ketones is 1. The number of hydrogen-bond acceptors (Lipinski definition) is 6. The van der Waals surface area contributed by atoms with Crippen LogP contribution >= 0.6 is 0 Å². The van der Waals surface area contributed by atoms with Crippen LogP contribution in [0.1, 0.15) is 47.5 Å². The van der Waals surface area contributed by atoms with Gasteiger partial charge in [-0.25, -0.2) is 13.2 Å². The van der Waals surface area contributed by atoms with Gasteiger partial charge in [0.15, 0.2) is 23.2 Å². The van der Waals surface area contributed by atoms with E-state index in [2.05, 4.69) is 17.0 Å². The average Bonchev–Trinajstić information content (AvgIpc) is 2.91. The molecule has 2 fully saturated rings. The van der Waals surface area contributed by atoms with Crippen LogP contribution in [0.2, 0.25) is 0 Å². The summed E-state index contributed by atoms with van der Waals surface area (Å²) in [6.07, 6.45) is 4.35. The van der Waals surface area contributed by atoms with Crippen molar-refractivity contribution in [2.45, 2.75) is 43.3 Å². The first-order chi connectivity index (χ1) is 17.7. The second-order valence-corrected chi connectivity index (χ2v) is 9.94. The number of carbonyl (C=O) groups excluding carboxylic acids is 1. The predicted octanol–water partition coefficient (Wildman–Crippen LogP) is 3.88. The molecule has 0 aromatic heterocycles. The summed E-state index contributed by atoms with van der Waals surface area (Å²) in [5, 5.41) is 21.9. The molecule has 0 radical (unpaired) electrons. The number of rotatable bonds is 8. The van der Waals surface area contributed by atoms with Gasteiger partial charge in [-0.2, -0.15) is 0 Å². The Balaban J connectivity index is 1.24. The number of nitrogens with zero attached hydrogens (tertiary/aromatic N) is 2. The van der Waals surface area contributed by atoms with Crippen molar-refractivity contribution in [2.24, 2.45) is 0 Å². The minimum atomic E-state index is -1.61. The third-order valence-corrected chi connectivity index (χ3v) is 7.60. The lowest BCUT2D eigenvalue weighted by atomic mass is 9.84. The zero-order valence-electron chi connectivity index (χ0n) is 20.9. The van der Waals surface area contributed by atoms with E-state index < -0.39 is 34.9 Å². The number of β-amino-alcohol motifs (C(OH)–C–C–N with tert-alkyl or cyclic N) is 1. The van der Waals surface area contributed by atoms with Gasteiger partial charge in [0.1, 0.15) is 5.75 Å². The number of aliphatic hydroxyl groups excluding tert-OH is 1. The van der Waals surface area contributed by atoms with Crippen molar-refractivity contribution in [3.8, 4) is 5.75 Å². The predicted molar refractivity (Wildman–Crippen MR) is 133 cm³/mol. The van der Waals surface area contributed by atoms with Gasteiger partial charge in [0, 0.05) is 37.5 Å². The molecule has 2 aliphatic heterocycles. The molecule has 0 aliphatic carbocycles. The molecule has 2 aliphatic rings. The molecule has 0 bridgehead atoms. The first-order valence-corrected chi connectivity index (χ1v) is 12.6. The van der Waals surface area contributed by atoms with Crippen molar-refractivity contribution >= 4 is 5.78 Å². The van der Waals surface area contributed by atoms with Gasteiger partial charge in [-0.05, 0) is 74.5 Å². The Morgan fingerprint density at radius 3 is 2.24 bits per heavy atom. The number of likely N-dealkylation sites (tertiary alicyclic amines) is 2. The van der Waals surface area contributed by atoms with Gasteiger partial charge < -0.3 is 24.7 Å². The smallest absolute Gasteiger partial charge is 0.194 e. The van der Waals surface area contributed by atoms with Gasteiger partial charge in [0.05, 0.1) is 18.8 Å². The lowest BCUT2D eigenvalue weighted by Crippen LogP contribution is -2.54. The Kier molecular flexibility index (Phi) is 8.56. The maximum absolute atomic E-state index is 13.4. The number of ether oxygens (including phenoxy) is 1. The van der Waals surface area contributed by atoms with Crippen LogP contribution in [0.25, 0.3) is 0 Å². The lowest BCUT2D eigenvalue weighted by Gasteiger charge is -2.43. The standard InChI is InChI=1S/C28H33F3N2O4/c1-37-22-4-2-19(3-5-22)20-6-11-33(12-7-20)18-26(35)28(36)9-14-32(15-10-28)13-8-25(34)21-16-23(29)27(31)24(30)17-21/h2-5,8,13,16-17,20,26,35-36H,6-7,9-12,14-15,18H2,1H3. The second-order valence-electron chi connectivity index (χ2n) is 9.94. The number of aliphatic hydroxyl groups is 2. The van der Waals surface area contributed by atoms with E-state index in [-0.39, 0.29) is 5.56 Å². The summed E-state index contributed by atoms with van der Waals surface area (Å²) in [6.45, 7) is 2.88. The molecule has 200 valence electrons. The molecule has 2 heterocycles. The van der Waals surface area contributed by atoms with Crippen LogP contribution in [-0.4, -0.2) is 77.3 Å². The third kappa shape index (κ3) is 6.52. The molecule has 1 unspecified atom stereocenters. The van der Waals surface area contributed by atoms with Crippen molar-refractivity contribution in [2.75, 3.05) is 39.8 Å². The van der Waals surface area contributed by atoms with Crippen molar-refractivity contribution in [1.29, 1.82) is 0 Å². The molecule has 37 heavy (non-hydrogen) atoms. The van der Waals surface area contributed by atoms with Gasteiger partial charge in [-0.1, -0.05) is 12.1 Å². The lowest BCUT2D eigenvalue weighted by molar-refractivity contribution is -0.114. The van der Waals surface area contributed by atoms with Crippen molar-refractivity contribution in [1.82, 2.24) is 9.80 Å². The molecule has 0 saturated carbocycles. The molecule has 9 heteroatoms. The highest BCUT2D eigenvalue weighted by Crippen LogP contribution is 2.31. The van der Waals surface area contributed by atoms with Gasteiger partial charge in [0.25, 0.3) is 0 Å². The van der Waals surface area contributed by atoms with E-state index in [1.807, 2.05) is 12.1 Å². The zero-order chi connectivity index (χ0) is 26.6. The first-order valence-electron chi connectivity index (χ1n) is 12.6. The van der Waals surface area contributed by atoms with Crippen LogP contribution in [-0.2, 0) is 0 Å². The number of hydrogen-bond donors (Lipinski definition) is 2. The normalized spacial score (nSPS) is 19.8. The van der Waals surface area contributed by atoms with E-state index in [1.165, 1.54) is 17.8 Å². The van der Waals surface area contributed by atoms with Crippen LogP contribution in [0.4, 0.5) is 13.2 Å². The van der Waals surface area contributed by atoms with Crippen molar-refractivity contribution in [3.63, 3.8) is 0 Å². The van der Waals surface area contributed by atoms with Crippen molar-refractivity contribution < 1.29 is 32.9 Å². The SMILES string of the molecule is COc1ccc(C2CCN(CC(O)C3(O)CCN(C=CC(=O)c4cc(F)c(F)c(F)c4)CC3)CC2)cc1. The molecule has 6 nitrogen and oxygen atoms in total. The van der Waals surface area contributed by atoms with Gasteiger partial charge in [0.2, 0.25) is 0 Å². The summed E-state index contributed by atoms with van der Waals surface area (Å²) < 4.78 is 45.1. The molecular formula is C28H33F3N2O4. The molecular weight excluding hydrogens is 485 g/mol. The molecule has 2 saturated heterocycles. The first kappa shape index (κ1) is 27.2. The molecule has 4 rings (SSSR count). The Morgan fingerprint density at radius 1 is 1.08 bits per heavy atom. The monoisotopic (exact) mass is 518 g/mol. The molecule has 2 N–H and O–H groups in total. The molecule has 0 amide bonds. The fourth-order valence-corrected chi connectivity index (χ4v) is 5.10. The largest absolute Gasteiger partial charge is 0.497 e. The Labute approximate surface area is 215 Å². The van der Waals surface area contributed by atoms with E-state index in [4.69, 9.17) is 4.74 Å². The van der Waals surface area contributed by atoms with Gasteiger partial charge in [-0.3, -0.25) is 4.79 Å². The summed E-state index contributed by atoms with van der Waals surface area (Å²) >= 11 is 0. The molecule has 2 aromatic rings. The van der Waals surface area contributed by atoms with E-state index in [1.54, 1.807) is 12.0 Å². The third-order valence-electron chi connectivity index (χ3n) is 7.60. The zero-order valence-corrected chi connectivity index (χ0v) is 20.9. The summed E-state index contributed by atoms with van der Waals surface area (Å²) in [5.41, 5.74) is -0.231. The summed E-state index contributed by atoms with van der Waals surface area (Å²) in [4.78, 5) is 16.2. The Bertz CT molecular complexity index is 1090. The highest BCUT2D eigenvalue weighted by Gasteiger charge is 2.39. The van der Waals surface area contributed by atoms with Gasteiger partial charge >= 0.3 is 0 Å². The van der Waals surface area contributed by atoms with Crippen LogP contribution in [0.5, 0.6) is 5.75 Å². The number of methoxy groups -OCH3 is 1. The van der Waals surface area contributed by atoms with Crippen LogP contribution < -0.4 is 4.74 Å². The maximum atomic E-state index is 13.4. The minimum Gasteiger partial charge on any atom is -0.497 e. The summed E-state index contributed by atoms with van der Waals surface area (Å²) in [6, 6.07) is 9.47. The van der Waals surface area contributed by atoms with Crippen molar-refractivity contribution in [3.05, 3.63) is 77.3 Å². The number of benzene rings is 2. The minimum absolute atomic E-state index is 0.285. The molecule has 0 spiro atoms. The summed E-state index contributed by atoms with van der Waals surface area (Å²) in [7, 11) is 1.65. The van der Waals surface area contributed by atoms with Crippen LogP contribution in [0, 0.1) is 17.5 Å². The maximum Gasteiger partial charge on any atom is 0.194 e. The second kappa shape index (κ2) is 11.7. The topological polar surface area (TPSA) is 73.2 Å². The number of carbonyl (C=O) groups is 1. The number of piperidine rings is 2. The number of halogens is 3.